The number of Topliss-reactive ketones (excluding diaryl/α,β-unsaturated/α-hetero) is 2. The van der Waals surface area contributed by atoms with Crippen molar-refractivity contribution in [3.8, 4) is 0 Å². The van der Waals surface area contributed by atoms with Crippen LogP contribution in [0.15, 0.2) is 0 Å². The van der Waals surface area contributed by atoms with Gasteiger partial charge in [-0.05, 0) is 79.4 Å². The summed E-state index contributed by atoms with van der Waals surface area (Å²) in [5.41, 5.74) is -0.167. The number of carbonyl (C=O) groups is 3. The molecule has 4 aliphatic carbocycles. The van der Waals surface area contributed by atoms with Crippen LogP contribution in [0.4, 0.5) is 0 Å². The van der Waals surface area contributed by atoms with E-state index in [0.717, 1.165) is 38.5 Å². The lowest BCUT2D eigenvalue weighted by Crippen LogP contribution is -2.57. The molecule has 0 unspecified atom stereocenters. The van der Waals surface area contributed by atoms with Crippen molar-refractivity contribution in [1.29, 1.82) is 0 Å². The highest BCUT2D eigenvalue weighted by Gasteiger charge is 2.63. The molecule has 8 atom stereocenters. The molecule has 0 radical (unpaired) electrons. The van der Waals surface area contributed by atoms with Crippen molar-refractivity contribution in [3.63, 3.8) is 0 Å². The van der Waals surface area contributed by atoms with E-state index in [-0.39, 0.29) is 49.0 Å². The molecule has 0 spiro atoms. The molecule has 0 aromatic rings. The van der Waals surface area contributed by atoms with Gasteiger partial charge in [0.15, 0.2) is 0 Å². The number of nitrogens with zero attached hydrogens (tertiary/aromatic N) is 1. The normalized spacial score (nSPS) is 40.3. The summed E-state index contributed by atoms with van der Waals surface area (Å²) in [6.45, 7) is 7.12. The van der Waals surface area contributed by atoms with Crippen LogP contribution in [0.2, 0.25) is 0 Å². The van der Waals surface area contributed by atoms with E-state index >= 15 is 0 Å². The Bertz CT molecular complexity index is 792. The topological polar surface area (TPSA) is 94.9 Å². The van der Waals surface area contributed by atoms with Gasteiger partial charge < -0.3 is 15.1 Å². The van der Waals surface area contributed by atoms with Crippen LogP contribution < -0.4 is 0 Å². The van der Waals surface area contributed by atoms with Gasteiger partial charge in [0.05, 0.1) is 13.2 Å². The summed E-state index contributed by atoms with van der Waals surface area (Å²) in [5, 5.41) is 18.4. The second-order valence-electron chi connectivity index (χ2n) is 12.3. The van der Waals surface area contributed by atoms with Crippen LogP contribution in [0.5, 0.6) is 0 Å². The monoisotopic (exact) mass is 475 g/mol. The maximum absolute atomic E-state index is 13.9. The van der Waals surface area contributed by atoms with Crippen LogP contribution in [-0.4, -0.2) is 58.9 Å². The smallest absolute Gasteiger partial charge is 0.222 e. The minimum Gasteiger partial charge on any atom is -0.395 e. The van der Waals surface area contributed by atoms with Gasteiger partial charge in [0.1, 0.15) is 11.6 Å². The van der Waals surface area contributed by atoms with Crippen LogP contribution in [-0.2, 0) is 14.4 Å². The maximum Gasteiger partial charge on any atom is 0.222 e. The van der Waals surface area contributed by atoms with E-state index in [1.54, 1.807) is 0 Å². The summed E-state index contributed by atoms with van der Waals surface area (Å²) in [6.07, 6.45) is 8.60. The number of aliphatic hydroxyl groups is 2. The number of fused-ring (bicyclic) bond motifs is 5. The minimum atomic E-state index is -0.298. The van der Waals surface area contributed by atoms with Crippen molar-refractivity contribution < 1.29 is 24.6 Å². The zero-order chi connectivity index (χ0) is 24.7. The van der Waals surface area contributed by atoms with Gasteiger partial charge >= 0.3 is 0 Å². The van der Waals surface area contributed by atoms with Gasteiger partial charge in [-0.3, -0.25) is 14.4 Å². The predicted octanol–water partition coefficient (Wildman–Crippen LogP) is 3.62. The molecule has 6 nitrogen and oxygen atoms in total. The lowest BCUT2D eigenvalue weighted by atomic mass is 9.44. The van der Waals surface area contributed by atoms with Crippen LogP contribution in [0.1, 0.15) is 85.0 Å². The van der Waals surface area contributed by atoms with Crippen molar-refractivity contribution in [1.82, 2.24) is 4.90 Å². The summed E-state index contributed by atoms with van der Waals surface area (Å²) in [7, 11) is 0. The zero-order valence-electron chi connectivity index (χ0n) is 21.4. The highest BCUT2D eigenvalue weighted by atomic mass is 16.3. The lowest BCUT2D eigenvalue weighted by Gasteiger charge is -2.59. The van der Waals surface area contributed by atoms with Crippen molar-refractivity contribution >= 4 is 17.5 Å². The van der Waals surface area contributed by atoms with Gasteiger partial charge in [0, 0.05) is 44.2 Å². The average Bonchev–Trinajstić information content (AvgIpc) is 3.17. The Balaban J connectivity index is 1.45. The van der Waals surface area contributed by atoms with Crippen molar-refractivity contribution in [3.05, 3.63) is 0 Å². The number of rotatable bonds is 8. The molecule has 192 valence electrons. The molecule has 0 saturated heterocycles. The predicted molar refractivity (Wildman–Crippen MR) is 130 cm³/mol. The molecule has 1 amide bonds. The Morgan fingerprint density at radius 1 is 1.03 bits per heavy atom. The van der Waals surface area contributed by atoms with Crippen molar-refractivity contribution in [2.75, 3.05) is 26.3 Å². The number of hydrogen-bond donors (Lipinski definition) is 2. The molecule has 0 aromatic carbocycles. The molecular weight excluding hydrogens is 430 g/mol. The average molecular weight is 476 g/mol. The summed E-state index contributed by atoms with van der Waals surface area (Å²) < 4.78 is 0. The standard InChI is InChI=1S/C28H45NO5/c1-18(4-9-26(34)29(12-14-30)13-15-31)22-7-8-23-21-6-5-19-16-20(32)10-11-27(19,2)24(21)17-25(33)28(22,23)3/h18-19,21-24,30-31H,4-17H2,1-3H3/t18-,19-,21+,22-,23+,24+,27+,28-/m1/s1. The van der Waals surface area contributed by atoms with Gasteiger partial charge in [0.2, 0.25) is 5.91 Å². The van der Waals surface area contributed by atoms with E-state index in [2.05, 4.69) is 20.8 Å². The Hall–Kier alpha value is -1.27. The maximum atomic E-state index is 13.9. The Labute approximate surface area is 204 Å². The largest absolute Gasteiger partial charge is 0.395 e. The fourth-order valence-electron chi connectivity index (χ4n) is 9.01. The van der Waals surface area contributed by atoms with Gasteiger partial charge in [-0.1, -0.05) is 20.8 Å². The van der Waals surface area contributed by atoms with Crippen molar-refractivity contribution in [2.24, 2.45) is 46.3 Å². The molecular formula is C28H45NO5. The second-order valence-corrected chi connectivity index (χ2v) is 12.3. The molecule has 4 saturated carbocycles. The second kappa shape index (κ2) is 10.0. The van der Waals surface area contributed by atoms with Crippen molar-refractivity contribution in [2.45, 2.75) is 85.0 Å². The van der Waals surface area contributed by atoms with E-state index in [0.29, 0.717) is 66.8 Å². The van der Waals surface area contributed by atoms with E-state index in [4.69, 9.17) is 0 Å². The first-order chi connectivity index (χ1) is 16.2. The minimum absolute atomic E-state index is 0.0252. The first-order valence-electron chi connectivity index (χ1n) is 13.7. The third-order valence-corrected chi connectivity index (χ3v) is 11.0. The Morgan fingerprint density at radius 3 is 2.41 bits per heavy atom. The Morgan fingerprint density at radius 2 is 1.74 bits per heavy atom. The van der Waals surface area contributed by atoms with Gasteiger partial charge in [0.25, 0.3) is 0 Å². The SMILES string of the molecule is C[C@H](CCC(=O)N(CCO)CCO)[C@H]1CC[C@H]2[C@@H]3CC[C@@H]4CC(=O)CC[C@]4(C)[C@H]3CC(=O)[C@]12C. The first-order valence-corrected chi connectivity index (χ1v) is 13.7. The molecule has 2 N–H and O–H groups in total. The molecule has 4 fully saturated rings. The number of aliphatic hydroxyl groups excluding tert-OH is 2. The van der Waals surface area contributed by atoms with Gasteiger partial charge in [-0.25, -0.2) is 0 Å². The lowest BCUT2D eigenvalue weighted by molar-refractivity contribution is -0.159. The molecule has 6 heteroatoms. The van der Waals surface area contributed by atoms with Gasteiger partial charge in [-0.15, -0.1) is 0 Å². The van der Waals surface area contributed by atoms with Crippen LogP contribution in [0.25, 0.3) is 0 Å². The number of carbonyl (C=O) groups excluding carboxylic acids is 3. The Kier molecular flexibility index (Phi) is 7.59. The highest BCUT2D eigenvalue weighted by Crippen LogP contribution is 2.67. The number of ketones is 2. The summed E-state index contributed by atoms with van der Waals surface area (Å²) in [5.74, 6) is 3.29. The molecule has 4 rings (SSSR count). The van der Waals surface area contributed by atoms with E-state index in [9.17, 15) is 24.6 Å². The van der Waals surface area contributed by atoms with Gasteiger partial charge in [-0.2, -0.15) is 0 Å². The van der Waals surface area contributed by atoms with Crippen LogP contribution in [0.3, 0.4) is 0 Å². The molecule has 0 aliphatic heterocycles. The molecule has 0 aromatic heterocycles. The summed E-state index contributed by atoms with van der Waals surface area (Å²) in [6, 6.07) is 0. The van der Waals surface area contributed by atoms with E-state index in [1.807, 2.05) is 0 Å². The molecule has 34 heavy (non-hydrogen) atoms. The van der Waals surface area contributed by atoms with E-state index < -0.39 is 0 Å². The fourth-order valence-corrected chi connectivity index (χ4v) is 9.01. The number of hydrogen-bond acceptors (Lipinski definition) is 5. The molecule has 4 aliphatic rings. The quantitative estimate of drug-likeness (QED) is 0.559. The highest BCUT2D eigenvalue weighted by molar-refractivity contribution is 5.87. The van der Waals surface area contributed by atoms with Crippen LogP contribution >= 0.6 is 0 Å². The summed E-state index contributed by atoms with van der Waals surface area (Å²) in [4.78, 5) is 40.2. The third-order valence-electron chi connectivity index (χ3n) is 11.0. The molecule has 0 heterocycles. The van der Waals surface area contributed by atoms with E-state index in [1.165, 1.54) is 4.90 Å². The molecule has 0 bridgehead atoms. The summed E-state index contributed by atoms with van der Waals surface area (Å²) >= 11 is 0. The fraction of sp³-hybridized carbons (Fsp3) is 0.893. The zero-order valence-corrected chi connectivity index (χ0v) is 21.4. The third kappa shape index (κ3) is 4.27. The number of amides is 1. The van der Waals surface area contributed by atoms with Crippen LogP contribution in [0, 0.1) is 46.3 Å². The first kappa shape index (κ1) is 25.8.